The summed E-state index contributed by atoms with van der Waals surface area (Å²) in [5.74, 6) is -0.0727. The Hall–Kier alpha value is -2.94. The molecule has 1 N–H and O–H groups in total. The van der Waals surface area contributed by atoms with Crippen molar-refractivity contribution in [3.8, 4) is 6.07 Å². The summed E-state index contributed by atoms with van der Waals surface area (Å²) in [5, 5.41) is 12.1. The van der Waals surface area contributed by atoms with Crippen molar-refractivity contribution in [3.63, 3.8) is 0 Å². The molecule has 6 nitrogen and oxygen atoms in total. The fourth-order valence-corrected chi connectivity index (χ4v) is 3.04. The van der Waals surface area contributed by atoms with E-state index in [0.717, 1.165) is 12.8 Å². The van der Waals surface area contributed by atoms with Gasteiger partial charge in [-0.2, -0.15) is 5.26 Å². The van der Waals surface area contributed by atoms with Crippen LogP contribution in [0.4, 0.5) is 5.69 Å². The first kappa shape index (κ1) is 15.9. The lowest BCUT2D eigenvalue weighted by Gasteiger charge is -2.19. The van der Waals surface area contributed by atoms with Crippen molar-refractivity contribution in [2.45, 2.75) is 25.7 Å². The van der Waals surface area contributed by atoms with Crippen LogP contribution >= 0.6 is 0 Å². The Morgan fingerprint density at radius 1 is 1.25 bits per heavy atom. The fraction of sp³-hybridized carbons (Fsp3) is 0.333. The number of aromatic nitrogens is 2. The average Bonchev–Trinajstić information content (AvgIpc) is 3.24. The molecule has 0 bridgehead atoms. The van der Waals surface area contributed by atoms with Crippen LogP contribution in [0, 0.1) is 16.7 Å². The second-order valence-corrected chi connectivity index (χ2v) is 6.12. The minimum absolute atomic E-state index is 0.176. The van der Waals surface area contributed by atoms with Gasteiger partial charge >= 0.3 is 0 Å². The van der Waals surface area contributed by atoms with E-state index in [1.165, 1.54) is 0 Å². The normalized spacial score (nSPS) is 15.7. The number of carbonyl (C=O) groups is 2. The van der Waals surface area contributed by atoms with E-state index < -0.39 is 5.41 Å². The van der Waals surface area contributed by atoms with Crippen molar-refractivity contribution >= 4 is 17.4 Å². The van der Waals surface area contributed by atoms with Crippen LogP contribution in [-0.4, -0.2) is 21.2 Å². The predicted octanol–water partition coefficient (Wildman–Crippen LogP) is 2.67. The van der Waals surface area contributed by atoms with E-state index >= 15 is 0 Å². The van der Waals surface area contributed by atoms with Crippen LogP contribution in [0.25, 0.3) is 0 Å². The van der Waals surface area contributed by atoms with Gasteiger partial charge < -0.3 is 9.88 Å². The van der Waals surface area contributed by atoms with Crippen molar-refractivity contribution in [1.82, 2.24) is 9.55 Å². The number of imidazole rings is 1. The number of ketones is 1. The van der Waals surface area contributed by atoms with Crippen molar-refractivity contribution in [3.05, 3.63) is 48.0 Å². The molecule has 6 heteroatoms. The molecule has 1 aliphatic carbocycles. The molecule has 0 spiro atoms. The van der Waals surface area contributed by atoms with Crippen molar-refractivity contribution < 1.29 is 9.59 Å². The van der Waals surface area contributed by atoms with Gasteiger partial charge in [-0.15, -0.1) is 0 Å². The highest BCUT2D eigenvalue weighted by Crippen LogP contribution is 2.38. The lowest BCUT2D eigenvalue weighted by Crippen LogP contribution is -2.32. The highest BCUT2D eigenvalue weighted by Gasteiger charge is 2.41. The number of nitrogens with zero attached hydrogens (tertiary/aromatic N) is 3. The van der Waals surface area contributed by atoms with Gasteiger partial charge in [-0.3, -0.25) is 9.59 Å². The molecule has 0 saturated heterocycles. The second kappa shape index (κ2) is 6.28. The van der Waals surface area contributed by atoms with Crippen molar-refractivity contribution in [1.29, 1.82) is 5.26 Å². The average molecular weight is 322 g/mol. The Morgan fingerprint density at radius 3 is 2.46 bits per heavy atom. The highest BCUT2D eigenvalue weighted by molar-refractivity contribution is 6.07. The molecule has 1 fully saturated rings. The Bertz CT molecular complexity index is 808. The van der Waals surface area contributed by atoms with E-state index in [0.29, 0.717) is 29.9 Å². The van der Waals surface area contributed by atoms with Gasteiger partial charge in [0.25, 0.3) is 0 Å². The number of amides is 1. The van der Waals surface area contributed by atoms with Gasteiger partial charge in [-0.05, 0) is 37.1 Å². The molecular formula is C18H18N4O2. The first-order valence-electron chi connectivity index (χ1n) is 7.90. The van der Waals surface area contributed by atoms with Crippen LogP contribution in [0.5, 0.6) is 0 Å². The molecule has 0 radical (unpaired) electrons. The zero-order chi connectivity index (χ0) is 17.2. The van der Waals surface area contributed by atoms with E-state index in [1.807, 2.05) is 0 Å². The Labute approximate surface area is 140 Å². The molecule has 24 heavy (non-hydrogen) atoms. The van der Waals surface area contributed by atoms with Crippen LogP contribution in [0.1, 0.15) is 41.9 Å². The van der Waals surface area contributed by atoms with Gasteiger partial charge in [0.15, 0.2) is 5.82 Å². The van der Waals surface area contributed by atoms with E-state index in [1.54, 1.807) is 48.3 Å². The number of rotatable bonds is 4. The first-order valence-corrected chi connectivity index (χ1v) is 7.90. The summed E-state index contributed by atoms with van der Waals surface area (Å²) in [4.78, 5) is 28.8. The molecule has 1 aromatic carbocycles. The number of nitriles is 1. The number of aryl methyl sites for hydroxylation is 1. The largest absolute Gasteiger partial charge is 0.331 e. The summed E-state index contributed by atoms with van der Waals surface area (Å²) in [6.45, 7) is 0. The van der Waals surface area contributed by atoms with Crippen LogP contribution in [0.2, 0.25) is 0 Å². The Morgan fingerprint density at radius 2 is 1.92 bits per heavy atom. The lowest BCUT2D eigenvalue weighted by atomic mass is 9.87. The van der Waals surface area contributed by atoms with Gasteiger partial charge in [0, 0.05) is 30.7 Å². The quantitative estimate of drug-likeness (QED) is 0.877. The molecule has 2 aromatic rings. The summed E-state index contributed by atoms with van der Waals surface area (Å²) >= 11 is 0. The predicted molar refractivity (Wildman–Crippen MR) is 88.2 cm³/mol. The van der Waals surface area contributed by atoms with Crippen molar-refractivity contribution in [2.24, 2.45) is 12.5 Å². The Balaban J connectivity index is 1.73. The molecule has 0 atom stereocenters. The molecule has 1 saturated carbocycles. The van der Waals surface area contributed by atoms with Crippen LogP contribution in [0.3, 0.4) is 0 Å². The van der Waals surface area contributed by atoms with E-state index in [9.17, 15) is 14.9 Å². The van der Waals surface area contributed by atoms with Crippen LogP contribution < -0.4 is 5.32 Å². The van der Waals surface area contributed by atoms with Crippen LogP contribution in [-0.2, 0) is 11.8 Å². The Kier molecular flexibility index (Phi) is 4.17. The molecule has 0 unspecified atom stereocenters. The van der Waals surface area contributed by atoms with E-state index in [4.69, 9.17) is 0 Å². The second-order valence-electron chi connectivity index (χ2n) is 6.12. The molecule has 1 amide bonds. The maximum absolute atomic E-state index is 12.4. The van der Waals surface area contributed by atoms with Gasteiger partial charge in [-0.25, -0.2) is 4.98 Å². The number of benzene rings is 1. The molecule has 1 heterocycles. The molecule has 3 rings (SSSR count). The molecule has 0 aliphatic heterocycles. The number of hydrogen-bond donors (Lipinski definition) is 1. The zero-order valence-corrected chi connectivity index (χ0v) is 13.5. The van der Waals surface area contributed by atoms with E-state index in [-0.39, 0.29) is 11.7 Å². The molecule has 1 aromatic heterocycles. The number of anilines is 1. The molecule has 1 aliphatic rings. The maximum atomic E-state index is 12.4. The fourth-order valence-electron chi connectivity index (χ4n) is 3.04. The standard InChI is InChI=1S/C18H18N4O2/c1-22-11-10-20-16(22)15(23)13-4-6-14(7-5-13)21-17(24)18(12-19)8-2-3-9-18/h4-7,10-11H,2-3,8-9H2,1H3,(H,21,24). The van der Waals surface area contributed by atoms with E-state index in [2.05, 4.69) is 16.4 Å². The summed E-state index contributed by atoms with van der Waals surface area (Å²) in [6, 6.07) is 8.83. The van der Waals surface area contributed by atoms with Gasteiger partial charge in [-0.1, -0.05) is 12.8 Å². The zero-order valence-electron chi connectivity index (χ0n) is 13.5. The monoisotopic (exact) mass is 322 g/mol. The van der Waals surface area contributed by atoms with Gasteiger partial charge in [0.2, 0.25) is 11.7 Å². The third-order valence-electron chi connectivity index (χ3n) is 4.53. The third kappa shape index (κ3) is 2.81. The first-order chi connectivity index (χ1) is 11.6. The summed E-state index contributed by atoms with van der Waals surface area (Å²) in [5.41, 5.74) is 0.164. The minimum atomic E-state index is -0.915. The molecular weight excluding hydrogens is 304 g/mol. The van der Waals surface area contributed by atoms with Crippen LogP contribution in [0.15, 0.2) is 36.7 Å². The maximum Gasteiger partial charge on any atom is 0.244 e. The number of carbonyl (C=O) groups excluding carboxylic acids is 2. The SMILES string of the molecule is Cn1ccnc1C(=O)c1ccc(NC(=O)C2(C#N)CCCC2)cc1. The van der Waals surface area contributed by atoms with Gasteiger partial charge in [0.1, 0.15) is 5.41 Å². The topological polar surface area (TPSA) is 87.8 Å². The minimum Gasteiger partial charge on any atom is -0.331 e. The lowest BCUT2D eigenvalue weighted by molar-refractivity contribution is -0.122. The summed E-state index contributed by atoms with van der Waals surface area (Å²) in [6.07, 6.45) is 6.29. The summed E-state index contributed by atoms with van der Waals surface area (Å²) < 4.78 is 1.66. The van der Waals surface area contributed by atoms with Crippen molar-refractivity contribution in [2.75, 3.05) is 5.32 Å². The number of nitrogens with one attached hydrogen (secondary N) is 1. The summed E-state index contributed by atoms with van der Waals surface area (Å²) in [7, 11) is 1.76. The molecule has 122 valence electrons. The highest BCUT2D eigenvalue weighted by atomic mass is 16.2. The third-order valence-corrected chi connectivity index (χ3v) is 4.53. The number of hydrogen-bond acceptors (Lipinski definition) is 4. The smallest absolute Gasteiger partial charge is 0.244 e. The van der Waals surface area contributed by atoms with Gasteiger partial charge in [0.05, 0.1) is 6.07 Å².